The van der Waals surface area contributed by atoms with E-state index in [0.717, 1.165) is 5.56 Å². The molecule has 1 unspecified atom stereocenters. The Kier molecular flexibility index (Phi) is 4.30. The monoisotopic (exact) mass is 238 g/mol. The van der Waals surface area contributed by atoms with Gasteiger partial charge in [-0.2, -0.15) is 0 Å². The average molecular weight is 238 g/mol. The van der Waals surface area contributed by atoms with Crippen LogP contribution >= 0.6 is 0 Å². The van der Waals surface area contributed by atoms with E-state index < -0.39 is 8.32 Å². The highest BCUT2D eigenvalue weighted by Crippen LogP contribution is 2.17. The Morgan fingerprint density at radius 3 is 2.56 bits per heavy atom. The molecule has 0 saturated heterocycles. The van der Waals surface area contributed by atoms with E-state index in [1.165, 1.54) is 6.07 Å². The molecule has 0 saturated carbocycles. The van der Waals surface area contributed by atoms with Crippen molar-refractivity contribution >= 4 is 8.32 Å². The lowest BCUT2D eigenvalue weighted by Crippen LogP contribution is -2.22. The molecule has 1 nitrogen and oxygen atoms in total. The van der Waals surface area contributed by atoms with Gasteiger partial charge in [-0.25, -0.2) is 4.39 Å². The highest BCUT2D eigenvalue weighted by Gasteiger charge is 2.13. The topological polar surface area (TPSA) is 9.23 Å². The second kappa shape index (κ2) is 5.30. The zero-order chi connectivity index (χ0) is 12.2. The first-order valence-corrected chi connectivity index (χ1v) is 8.89. The molecule has 0 spiro atoms. The number of rotatable bonds is 4. The molecule has 1 aromatic rings. The Morgan fingerprint density at radius 1 is 1.31 bits per heavy atom. The van der Waals surface area contributed by atoms with Crippen LogP contribution in [0.1, 0.15) is 18.4 Å². The van der Waals surface area contributed by atoms with E-state index in [-0.39, 0.29) is 11.7 Å². The summed E-state index contributed by atoms with van der Waals surface area (Å²) in [7, 11) is -1.50. The SMILES string of the molecule is CC(/C=C\O[Si](C)(C)C)c1cccc(F)c1. The van der Waals surface area contributed by atoms with Gasteiger partial charge in [0.2, 0.25) is 8.32 Å². The van der Waals surface area contributed by atoms with Crippen molar-refractivity contribution in [2.24, 2.45) is 0 Å². The summed E-state index contributed by atoms with van der Waals surface area (Å²) < 4.78 is 18.6. The Labute approximate surface area is 98.1 Å². The molecule has 0 aliphatic carbocycles. The standard InChI is InChI=1S/C13H19FOSi/c1-11(8-9-15-16(2,3)4)12-6-5-7-13(14)10-12/h5-11H,1-4H3/b9-8-. The Bertz CT molecular complexity index is 368. The van der Waals surface area contributed by atoms with Crippen LogP contribution in [0.15, 0.2) is 36.6 Å². The van der Waals surface area contributed by atoms with E-state index in [9.17, 15) is 4.39 Å². The highest BCUT2D eigenvalue weighted by atomic mass is 28.4. The molecule has 0 heterocycles. The fourth-order valence-corrected chi connectivity index (χ4v) is 1.75. The van der Waals surface area contributed by atoms with Crippen molar-refractivity contribution in [1.82, 2.24) is 0 Å². The van der Waals surface area contributed by atoms with Crippen LogP contribution in [0.3, 0.4) is 0 Å². The summed E-state index contributed by atoms with van der Waals surface area (Å²) in [5.74, 6) is -0.0177. The molecule has 88 valence electrons. The fraction of sp³-hybridized carbons (Fsp3) is 0.385. The minimum atomic E-state index is -1.50. The van der Waals surface area contributed by atoms with Crippen LogP contribution in [0.2, 0.25) is 19.6 Å². The minimum absolute atomic E-state index is 0.173. The summed E-state index contributed by atoms with van der Waals surface area (Å²) in [6, 6.07) is 6.67. The van der Waals surface area contributed by atoms with Gasteiger partial charge in [0, 0.05) is 5.92 Å². The third-order valence-electron chi connectivity index (χ3n) is 2.16. The lowest BCUT2D eigenvalue weighted by molar-refractivity contribution is 0.475. The first-order chi connectivity index (χ1) is 7.38. The van der Waals surface area contributed by atoms with E-state index in [1.807, 2.05) is 19.1 Å². The average Bonchev–Trinajstić information content (AvgIpc) is 2.15. The Hall–Kier alpha value is -1.09. The summed E-state index contributed by atoms with van der Waals surface area (Å²) in [4.78, 5) is 0. The van der Waals surface area contributed by atoms with Gasteiger partial charge in [0.05, 0.1) is 6.26 Å². The molecule has 0 aliphatic rings. The predicted octanol–water partition coefficient (Wildman–Crippen LogP) is 4.29. The smallest absolute Gasteiger partial charge is 0.241 e. The van der Waals surface area contributed by atoms with Crippen molar-refractivity contribution in [2.45, 2.75) is 32.5 Å². The van der Waals surface area contributed by atoms with E-state index >= 15 is 0 Å². The van der Waals surface area contributed by atoms with Gasteiger partial charge in [-0.05, 0) is 43.4 Å². The van der Waals surface area contributed by atoms with E-state index in [2.05, 4.69) is 19.6 Å². The first kappa shape index (κ1) is 13.0. The third kappa shape index (κ3) is 4.62. The maximum atomic E-state index is 13.0. The Balaban J connectivity index is 2.62. The molecule has 3 heteroatoms. The molecule has 0 amide bonds. The number of hydrogen-bond acceptors (Lipinski definition) is 1. The summed E-state index contributed by atoms with van der Waals surface area (Å²) in [5.41, 5.74) is 0.968. The number of allylic oxidation sites excluding steroid dienone is 1. The molecule has 0 bridgehead atoms. The van der Waals surface area contributed by atoms with Crippen LogP contribution in [-0.4, -0.2) is 8.32 Å². The zero-order valence-electron chi connectivity index (χ0n) is 10.3. The van der Waals surface area contributed by atoms with Crippen molar-refractivity contribution in [1.29, 1.82) is 0 Å². The van der Waals surface area contributed by atoms with E-state index in [0.29, 0.717) is 0 Å². The second-order valence-corrected chi connectivity index (χ2v) is 9.36. The van der Waals surface area contributed by atoms with Gasteiger partial charge in [0.25, 0.3) is 0 Å². The van der Waals surface area contributed by atoms with Crippen molar-refractivity contribution in [3.8, 4) is 0 Å². The van der Waals surface area contributed by atoms with Crippen LogP contribution in [0.25, 0.3) is 0 Å². The van der Waals surface area contributed by atoms with Crippen molar-refractivity contribution in [3.63, 3.8) is 0 Å². The summed E-state index contributed by atoms with van der Waals surface area (Å²) in [6.07, 6.45) is 3.72. The molecular formula is C13H19FOSi. The van der Waals surface area contributed by atoms with Crippen LogP contribution < -0.4 is 0 Å². The second-order valence-electron chi connectivity index (χ2n) is 4.90. The quantitative estimate of drug-likeness (QED) is 0.561. The fourth-order valence-electron chi connectivity index (χ4n) is 1.26. The molecule has 0 radical (unpaired) electrons. The van der Waals surface area contributed by atoms with Crippen LogP contribution in [0, 0.1) is 5.82 Å². The molecule has 0 N–H and O–H groups in total. The molecule has 1 aromatic carbocycles. The number of benzene rings is 1. The molecule has 16 heavy (non-hydrogen) atoms. The predicted molar refractivity (Wildman–Crippen MR) is 68.4 cm³/mol. The minimum Gasteiger partial charge on any atom is -0.550 e. The largest absolute Gasteiger partial charge is 0.550 e. The van der Waals surface area contributed by atoms with Gasteiger partial charge in [-0.3, -0.25) is 0 Å². The van der Waals surface area contributed by atoms with Gasteiger partial charge in [0.15, 0.2) is 0 Å². The summed E-state index contributed by atoms with van der Waals surface area (Å²) in [6.45, 7) is 8.41. The number of hydrogen-bond donors (Lipinski definition) is 0. The molecule has 0 aliphatic heterocycles. The summed E-state index contributed by atoms with van der Waals surface area (Å²) in [5, 5.41) is 0. The summed E-state index contributed by atoms with van der Waals surface area (Å²) >= 11 is 0. The maximum Gasteiger partial charge on any atom is 0.241 e. The van der Waals surface area contributed by atoms with Gasteiger partial charge < -0.3 is 4.43 Å². The van der Waals surface area contributed by atoms with Gasteiger partial charge in [-0.1, -0.05) is 19.1 Å². The molecular weight excluding hydrogens is 219 g/mol. The normalized spacial score (nSPS) is 14.1. The van der Waals surface area contributed by atoms with Crippen LogP contribution in [0.5, 0.6) is 0 Å². The zero-order valence-corrected chi connectivity index (χ0v) is 11.3. The highest BCUT2D eigenvalue weighted by molar-refractivity contribution is 6.69. The first-order valence-electron chi connectivity index (χ1n) is 5.48. The molecule has 1 atom stereocenters. The van der Waals surface area contributed by atoms with Crippen LogP contribution in [-0.2, 0) is 4.43 Å². The van der Waals surface area contributed by atoms with Gasteiger partial charge in [0.1, 0.15) is 5.82 Å². The van der Waals surface area contributed by atoms with Crippen LogP contribution in [0.4, 0.5) is 4.39 Å². The Morgan fingerprint density at radius 2 is 2.00 bits per heavy atom. The maximum absolute atomic E-state index is 13.0. The third-order valence-corrected chi connectivity index (χ3v) is 3.01. The van der Waals surface area contributed by atoms with Gasteiger partial charge >= 0.3 is 0 Å². The molecule has 1 rings (SSSR count). The van der Waals surface area contributed by atoms with Crippen molar-refractivity contribution in [3.05, 3.63) is 48.0 Å². The van der Waals surface area contributed by atoms with E-state index in [4.69, 9.17) is 4.43 Å². The van der Waals surface area contributed by atoms with Crippen molar-refractivity contribution < 1.29 is 8.82 Å². The lowest BCUT2D eigenvalue weighted by Gasteiger charge is -2.15. The van der Waals surface area contributed by atoms with Crippen molar-refractivity contribution in [2.75, 3.05) is 0 Å². The molecule has 0 aromatic heterocycles. The lowest BCUT2D eigenvalue weighted by atomic mass is 10.0. The van der Waals surface area contributed by atoms with E-state index in [1.54, 1.807) is 18.4 Å². The molecule has 0 fully saturated rings. The van der Waals surface area contributed by atoms with Gasteiger partial charge in [-0.15, -0.1) is 0 Å². The number of halogens is 1.